The average molecular weight is 281 g/mol. The number of nitrogens with one attached hydrogen (secondary N) is 1. The van der Waals surface area contributed by atoms with Crippen LogP contribution in [0.2, 0.25) is 0 Å². The molecule has 0 saturated carbocycles. The van der Waals surface area contributed by atoms with Crippen molar-refractivity contribution in [1.29, 1.82) is 0 Å². The van der Waals surface area contributed by atoms with E-state index in [0.29, 0.717) is 45.5 Å². The lowest BCUT2D eigenvalue weighted by atomic mass is 10.4. The largest absolute Gasteiger partial charge is 0.475 e. The number of anilines is 1. The van der Waals surface area contributed by atoms with Gasteiger partial charge in [-0.15, -0.1) is 0 Å². The average Bonchev–Trinajstić information content (AvgIpc) is 2.49. The van der Waals surface area contributed by atoms with E-state index in [4.69, 9.17) is 19.7 Å². The van der Waals surface area contributed by atoms with Crippen LogP contribution in [0, 0.1) is 0 Å². The van der Waals surface area contributed by atoms with E-state index in [1.807, 2.05) is 19.2 Å². The zero-order chi connectivity index (χ0) is 14.5. The second-order valence-corrected chi connectivity index (χ2v) is 3.66. The Balaban J connectivity index is 1.97. The Morgan fingerprint density at radius 2 is 2.00 bits per heavy atom. The molecule has 1 aromatic heterocycles. The third-order valence-electron chi connectivity index (χ3n) is 2.27. The fraction of sp³-hybridized carbons (Fsp3) is 0.583. The zero-order valence-corrected chi connectivity index (χ0v) is 11.5. The van der Waals surface area contributed by atoms with Gasteiger partial charge in [-0.3, -0.25) is 0 Å². The maximum atomic E-state index is 8.05. The normalized spacial score (nSPS) is 9.85. The monoisotopic (exact) mass is 281 g/mol. The van der Waals surface area contributed by atoms with Gasteiger partial charge in [-0.05, 0) is 11.6 Å². The predicted octanol–water partition coefficient (Wildman–Crippen LogP) is 1.85. The van der Waals surface area contributed by atoms with E-state index in [-0.39, 0.29) is 0 Å². The summed E-state index contributed by atoms with van der Waals surface area (Å²) in [7, 11) is 1.84. The smallest absolute Gasteiger partial charge is 0.215 e. The van der Waals surface area contributed by atoms with Gasteiger partial charge in [-0.25, -0.2) is 4.98 Å². The molecule has 0 amide bonds. The lowest BCUT2D eigenvalue weighted by Gasteiger charge is -2.07. The second-order valence-electron chi connectivity index (χ2n) is 3.66. The topological polar surface area (TPSA) is 101 Å². The molecular formula is C12H19N5O3. The summed E-state index contributed by atoms with van der Waals surface area (Å²) in [6.07, 6.45) is 1.68. The molecule has 8 heteroatoms. The van der Waals surface area contributed by atoms with Gasteiger partial charge >= 0.3 is 0 Å². The molecule has 0 bridgehead atoms. The summed E-state index contributed by atoms with van der Waals surface area (Å²) in [5.41, 5.74) is 9.00. The molecular weight excluding hydrogens is 262 g/mol. The van der Waals surface area contributed by atoms with Crippen molar-refractivity contribution in [3.63, 3.8) is 0 Å². The molecule has 0 aliphatic rings. The summed E-state index contributed by atoms with van der Waals surface area (Å²) >= 11 is 0. The highest BCUT2D eigenvalue weighted by atomic mass is 16.5. The van der Waals surface area contributed by atoms with Gasteiger partial charge in [0.25, 0.3) is 0 Å². The van der Waals surface area contributed by atoms with Crippen molar-refractivity contribution in [2.24, 2.45) is 5.11 Å². The molecule has 20 heavy (non-hydrogen) atoms. The first-order valence-corrected chi connectivity index (χ1v) is 6.29. The summed E-state index contributed by atoms with van der Waals surface area (Å²) in [5.74, 6) is 0.561. The highest BCUT2D eigenvalue weighted by molar-refractivity contribution is 5.44. The number of pyridine rings is 1. The molecule has 110 valence electrons. The molecule has 0 saturated heterocycles. The van der Waals surface area contributed by atoms with E-state index in [9.17, 15) is 0 Å². The number of aromatic nitrogens is 1. The van der Waals surface area contributed by atoms with Crippen molar-refractivity contribution in [3.8, 4) is 5.88 Å². The lowest BCUT2D eigenvalue weighted by molar-refractivity contribution is 0.0383. The van der Waals surface area contributed by atoms with E-state index in [1.54, 1.807) is 6.20 Å². The third kappa shape index (κ3) is 7.42. The minimum Gasteiger partial charge on any atom is -0.475 e. The van der Waals surface area contributed by atoms with Gasteiger partial charge < -0.3 is 19.5 Å². The molecule has 0 aromatic carbocycles. The molecule has 0 atom stereocenters. The first-order valence-electron chi connectivity index (χ1n) is 6.29. The van der Waals surface area contributed by atoms with Crippen LogP contribution in [-0.4, -0.2) is 51.6 Å². The summed E-state index contributed by atoms with van der Waals surface area (Å²) in [5, 5.41) is 6.36. The van der Waals surface area contributed by atoms with Crippen LogP contribution in [0.5, 0.6) is 5.88 Å². The predicted molar refractivity (Wildman–Crippen MR) is 74.9 cm³/mol. The molecule has 0 unspecified atom stereocenters. The summed E-state index contributed by atoms with van der Waals surface area (Å²) < 4.78 is 15.9. The highest BCUT2D eigenvalue weighted by Crippen LogP contribution is 2.12. The van der Waals surface area contributed by atoms with Crippen molar-refractivity contribution in [1.82, 2.24) is 4.98 Å². The van der Waals surface area contributed by atoms with E-state index in [2.05, 4.69) is 20.3 Å². The summed E-state index contributed by atoms with van der Waals surface area (Å²) in [4.78, 5) is 6.70. The molecule has 0 aliphatic carbocycles. The van der Waals surface area contributed by atoms with Crippen molar-refractivity contribution in [3.05, 3.63) is 28.8 Å². The number of hydrogen-bond donors (Lipinski definition) is 1. The third-order valence-corrected chi connectivity index (χ3v) is 2.27. The minimum absolute atomic E-state index is 0.340. The van der Waals surface area contributed by atoms with Crippen molar-refractivity contribution >= 4 is 5.69 Å². The number of nitrogens with zero attached hydrogens (tertiary/aromatic N) is 4. The van der Waals surface area contributed by atoms with Crippen LogP contribution in [0.15, 0.2) is 23.4 Å². The van der Waals surface area contributed by atoms with E-state index < -0.39 is 0 Å². The lowest BCUT2D eigenvalue weighted by Crippen LogP contribution is -2.12. The van der Waals surface area contributed by atoms with Crippen LogP contribution < -0.4 is 10.1 Å². The number of rotatable bonds is 11. The van der Waals surface area contributed by atoms with Crippen molar-refractivity contribution in [2.45, 2.75) is 0 Å². The SMILES string of the molecule is CNc1ccnc(OCCOCCOCCN=[N+]=[N-])c1. The summed E-state index contributed by atoms with van der Waals surface area (Å²) in [6.45, 7) is 2.58. The van der Waals surface area contributed by atoms with Crippen LogP contribution in [0.4, 0.5) is 5.69 Å². The fourth-order valence-corrected chi connectivity index (χ4v) is 1.32. The van der Waals surface area contributed by atoms with Gasteiger partial charge in [-0.1, -0.05) is 5.11 Å². The van der Waals surface area contributed by atoms with Gasteiger partial charge in [-0.2, -0.15) is 0 Å². The van der Waals surface area contributed by atoms with Gasteiger partial charge in [0.05, 0.1) is 26.4 Å². The molecule has 1 rings (SSSR count). The minimum atomic E-state index is 0.340. The molecule has 0 aliphatic heterocycles. The highest BCUT2D eigenvalue weighted by Gasteiger charge is 1.97. The molecule has 1 aromatic rings. The Morgan fingerprint density at radius 3 is 2.75 bits per heavy atom. The molecule has 0 spiro atoms. The Bertz CT molecular complexity index is 423. The number of ether oxygens (including phenoxy) is 3. The molecule has 0 radical (unpaired) electrons. The zero-order valence-electron chi connectivity index (χ0n) is 11.5. The van der Waals surface area contributed by atoms with Crippen LogP contribution in [-0.2, 0) is 9.47 Å². The fourth-order valence-electron chi connectivity index (χ4n) is 1.32. The first-order chi connectivity index (χ1) is 9.86. The molecule has 8 nitrogen and oxygen atoms in total. The summed E-state index contributed by atoms with van der Waals surface area (Å²) in [6, 6.07) is 3.68. The Hall–Kier alpha value is -2.02. The van der Waals surface area contributed by atoms with E-state index >= 15 is 0 Å². The van der Waals surface area contributed by atoms with Crippen LogP contribution in [0.25, 0.3) is 10.4 Å². The first kappa shape index (κ1) is 16.0. The number of hydrogen-bond acceptors (Lipinski definition) is 6. The van der Waals surface area contributed by atoms with Crippen molar-refractivity contribution < 1.29 is 14.2 Å². The maximum absolute atomic E-state index is 8.05. The second kappa shape index (κ2) is 10.9. The quantitative estimate of drug-likeness (QED) is 0.288. The van der Waals surface area contributed by atoms with Gasteiger partial charge in [0, 0.05) is 36.5 Å². The van der Waals surface area contributed by atoms with Crippen LogP contribution >= 0.6 is 0 Å². The Labute approximate surface area is 117 Å². The van der Waals surface area contributed by atoms with E-state index in [0.717, 1.165) is 5.69 Å². The van der Waals surface area contributed by atoms with Crippen molar-refractivity contribution in [2.75, 3.05) is 51.9 Å². The van der Waals surface area contributed by atoms with Gasteiger partial charge in [0.2, 0.25) is 5.88 Å². The number of azide groups is 1. The molecule has 1 heterocycles. The Kier molecular flexibility index (Phi) is 8.71. The van der Waals surface area contributed by atoms with E-state index in [1.165, 1.54) is 0 Å². The standard InChI is InChI=1S/C12H19N5O3/c1-14-11-2-3-15-12(10-11)20-9-8-19-7-6-18-5-4-16-17-13/h2-3,10H,4-9H2,1H3,(H,14,15). The van der Waals surface area contributed by atoms with Gasteiger partial charge in [0.15, 0.2) is 0 Å². The Morgan fingerprint density at radius 1 is 1.25 bits per heavy atom. The molecule has 1 N–H and O–H groups in total. The van der Waals surface area contributed by atoms with Crippen LogP contribution in [0.3, 0.4) is 0 Å². The van der Waals surface area contributed by atoms with Gasteiger partial charge in [0.1, 0.15) is 6.61 Å². The van der Waals surface area contributed by atoms with Crippen LogP contribution in [0.1, 0.15) is 0 Å². The maximum Gasteiger partial charge on any atom is 0.215 e. The molecule has 0 fully saturated rings.